The van der Waals surface area contributed by atoms with Crippen molar-refractivity contribution in [1.29, 1.82) is 0 Å². The summed E-state index contributed by atoms with van der Waals surface area (Å²) >= 11 is 27.0. The van der Waals surface area contributed by atoms with Crippen LogP contribution in [-0.4, -0.2) is 24.7 Å². The van der Waals surface area contributed by atoms with Gasteiger partial charge in [0.05, 0.1) is 27.6 Å². The number of thiocarbonyl (C=S) groups is 1. The molecule has 170 valence electrons. The quantitative estimate of drug-likeness (QED) is 0.242. The maximum atomic E-state index is 14.0. The number of anilines is 2. The third-order valence-corrected chi connectivity index (χ3v) is 6.42. The highest BCUT2D eigenvalue weighted by Gasteiger charge is 2.12. The summed E-state index contributed by atoms with van der Waals surface area (Å²) in [5.41, 5.74) is 1.32. The Bertz CT molecular complexity index is 1310. The Labute approximate surface area is 217 Å². The van der Waals surface area contributed by atoms with Crippen molar-refractivity contribution in [3.8, 4) is 0 Å². The van der Waals surface area contributed by atoms with E-state index in [1.807, 2.05) is 12.3 Å². The molecule has 2 N–H and O–H groups in total. The molecule has 0 fully saturated rings. The van der Waals surface area contributed by atoms with Crippen LogP contribution in [0.15, 0.2) is 59.3 Å². The Kier molecular flexibility index (Phi) is 7.55. The van der Waals surface area contributed by atoms with E-state index in [2.05, 4.69) is 36.8 Å². The number of rotatable bonds is 6. The maximum Gasteiger partial charge on any atom is 0.177 e. The van der Waals surface area contributed by atoms with E-state index in [-0.39, 0.29) is 12.4 Å². The van der Waals surface area contributed by atoms with Gasteiger partial charge in [-0.15, -0.1) is 0 Å². The summed E-state index contributed by atoms with van der Waals surface area (Å²) in [5, 5.41) is 16.5. The highest BCUT2D eigenvalue weighted by molar-refractivity contribution is 9.10. The molecule has 0 aliphatic rings. The van der Waals surface area contributed by atoms with Gasteiger partial charge < -0.3 is 10.6 Å². The van der Waals surface area contributed by atoms with Crippen molar-refractivity contribution < 1.29 is 4.39 Å². The van der Waals surface area contributed by atoms with E-state index >= 15 is 0 Å². The SMILES string of the molecule is Fc1cccc(Cl)c1Cn1ccc(NC(=S)Nc2nn(Cc3ccc(Cl)c(Cl)c3)cc2Br)n1. The van der Waals surface area contributed by atoms with Gasteiger partial charge in [-0.3, -0.25) is 9.36 Å². The molecule has 0 aliphatic carbocycles. The average molecular weight is 589 g/mol. The van der Waals surface area contributed by atoms with Crippen LogP contribution >= 0.6 is 63.0 Å². The first-order valence-electron chi connectivity index (χ1n) is 9.49. The molecule has 0 saturated carbocycles. The highest BCUT2D eigenvalue weighted by atomic mass is 79.9. The van der Waals surface area contributed by atoms with Gasteiger partial charge >= 0.3 is 0 Å². The number of hydrogen-bond donors (Lipinski definition) is 2. The molecule has 0 bridgehead atoms. The third-order valence-electron chi connectivity index (χ3n) is 4.54. The van der Waals surface area contributed by atoms with Gasteiger partial charge in [0, 0.05) is 29.0 Å². The number of nitrogens with zero attached hydrogens (tertiary/aromatic N) is 4. The second-order valence-electron chi connectivity index (χ2n) is 6.95. The number of benzene rings is 2. The van der Waals surface area contributed by atoms with Gasteiger partial charge in [-0.25, -0.2) is 4.39 Å². The molecule has 0 spiro atoms. The maximum absolute atomic E-state index is 14.0. The minimum atomic E-state index is -0.383. The van der Waals surface area contributed by atoms with Crippen LogP contribution in [0.2, 0.25) is 15.1 Å². The normalized spacial score (nSPS) is 10.9. The molecule has 12 heteroatoms. The van der Waals surface area contributed by atoms with Gasteiger partial charge in [-0.05, 0) is 58.0 Å². The first kappa shape index (κ1) is 24.0. The number of nitrogens with one attached hydrogen (secondary N) is 2. The van der Waals surface area contributed by atoms with Gasteiger partial charge in [-0.2, -0.15) is 10.2 Å². The van der Waals surface area contributed by atoms with Crippen LogP contribution in [-0.2, 0) is 13.1 Å². The van der Waals surface area contributed by atoms with Crippen molar-refractivity contribution >= 4 is 79.7 Å². The Morgan fingerprint density at radius 3 is 2.55 bits per heavy atom. The monoisotopic (exact) mass is 586 g/mol. The van der Waals surface area contributed by atoms with E-state index in [4.69, 9.17) is 47.0 Å². The fraction of sp³-hybridized carbons (Fsp3) is 0.0952. The summed E-state index contributed by atoms with van der Waals surface area (Å²) in [6, 6.07) is 11.7. The van der Waals surface area contributed by atoms with Gasteiger partial charge in [0.25, 0.3) is 0 Å². The van der Waals surface area contributed by atoms with Crippen LogP contribution in [0.1, 0.15) is 11.1 Å². The third kappa shape index (κ3) is 6.04. The van der Waals surface area contributed by atoms with Crippen molar-refractivity contribution in [3.63, 3.8) is 0 Å². The lowest BCUT2D eigenvalue weighted by atomic mass is 10.2. The van der Waals surface area contributed by atoms with Crippen molar-refractivity contribution in [2.45, 2.75) is 13.1 Å². The van der Waals surface area contributed by atoms with Crippen molar-refractivity contribution in [1.82, 2.24) is 19.6 Å². The lowest BCUT2D eigenvalue weighted by Crippen LogP contribution is -2.20. The molecule has 0 aliphatic heterocycles. The minimum absolute atomic E-state index is 0.193. The lowest BCUT2D eigenvalue weighted by molar-refractivity contribution is 0.586. The zero-order valence-corrected chi connectivity index (χ0v) is 21.4. The first-order valence-corrected chi connectivity index (χ1v) is 11.8. The predicted molar refractivity (Wildman–Crippen MR) is 138 cm³/mol. The predicted octanol–water partition coefficient (Wildman–Crippen LogP) is 6.85. The number of hydrogen-bond acceptors (Lipinski definition) is 3. The van der Waals surface area contributed by atoms with Gasteiger partial charge in [-0.1, -0.05) is 46.9 Å². The summed E-state index contributed by atoms with van der Waals surface area (Å²) in [7, 11) is 0. The largest absolute Gasteiger partial charge is 0.316 e. The molecular formula is C21H15BrCl3FN6S. The summed E-state index contributed by atoms with van der Waals surface area (Å²) in [5.74, 6) is 0.641. The molecule has 0 radical (unpaired) electrons. The molecule has 0 saturated heterocycles. The molecule has 33 heavy (non-hydrogen) atoms. The van der Waals surface area contributed by atoms with Crippen molar-refractivity contribution in [2.75, 3.05) is 10.6 Å². The molecule has 0 unspecified atom stereocenters. The van der Waals surface area contributed by atoms with E-state index in [1.54, 1.807) is 45.9 Å². The van der Waals surface area contributed by atoms with E-state index in [9.17, 15) is 4.39 Å². The molecule has 2 aromatic heterocycles. The fourth-order valence-corrected chi connectivity index (χ4v) is 4.16. The van der Waals surface area contributed by atoms with Crippen molar-refractivity contribution in [3.05, 3.63) is 91.3 Å². The highest BCUT2D eigenvalue weighted by Crippen LogP contribution is 2.25. The van der Waals surface area contributed by atoms with Gasteiger partial charge in [0.2, 0.25) is 0 Å². The molecule has 0 atom stereocenters. The molecule has 4 rings (SSSR count). The Hall–Kier alpha value is -2.17. The smallest absolute Gasteiger partial charge is 0.177 e. The van der Waals surface area contributed by atoms with E-state index in [1.165, 1.54) is 6.07 Å². The summed E-state index contributed by atoms with van der Waals surface area (Å²) < 4.78 is 18.0. The molecule has 2 aromatic carbocycles. The Balaban J connectivity index is 1.38. The zero-order valence-electron chi connectivity index (χ0n) is 16.7. The van der Waals surface area contributed by atoms with Crippen LogP contribution < -0.4 is 10.6 Å². The Morgan fingerprint density at radius 1 is 0.970 bits per heavy atom. The molecular weight excluding hydrogens is 574 g/mol. The molecule has 6 nitrogen and oxygen atoms in total. The summed E-state index contributed by atoms with van der Waals surface area (Å²) in [4.78, 5) is 0. The van der Waals surface area contributed by atoms with Crippen molar-refractivity contribution in [2.24, 2.45) is 0 Å². The fourth-order valence-electron chi connectivity index (χ4n) is 3.00. The number of aromatic nitrogens is 4. The van der Waals surface area contributed by atoms with E-state index < -0.39 is 0 Å². The van der Waals surface area contributed by atoms with Crippen LogP contribution in [0, 0.1) is 5.82 Å². The lowest BCUT2D eigenvalue weighted by Gasteiger charge is -2.08. The standard InChI is InChI=1S/C21H15BrCl3FN6S/c22-14-11-32(9-12-4-5-16(24)17(25)8-12)30-20(14)28-21(33)27-19-6-7-31(29-19)10-13-15(23)2-1-3-18(13)26/h1-8,11H,9-10H2,(H2,27,28,29,30,33). The zero-order chi connectivity index (χ0) is 23.5. The van der Waals surface area contributed by atoms with Gasteiger partial charge in [0.1, 0.15) is 5.82 Å². The molecule has 4 aromatic rings. The second kappa shape index (κ2) is 10.4. The van der Waals surface area contributed by atoms with Crippen LogP contribution in [0.25, 0.3) is 0 Å². The second-order valence-corrected chi connectivity index (χ2v) is 9.43. The molecule has 0 amide bonds. The van der Waals surface area contributed by atoms with Crippen LogP contribution in [0.4, 0.5) is 16.0 Å². The van der Waals surface area contributed by atoms with Crippen LogP contribution in [0.3, 0.4) is 0 Å². The summed E-state index contributed by atoms with van der Waals surface area (Å²) in [6.45, 7) is 0.693. The van der Waals surface area contributed by atoms with Crippen LogP contribution in [0.5, 0.6) is 0 Å². The summed E-state index contributed by atoms with van der Waals surface area (Å²) in [6.07, 6.45) is 3.52. The molecule has 2 heterocycles. The topological polar surface area (TPSA) is 59.7 Å². The average Bonchev–Trinajstić information content (AvgIpc) is 3.33. The van der Waals surface area contributed by atoms with E-state index in [0.717, 1.165) is 10.0 Å². The van der Waals surface area contributed by atoms with Gasteiger partial charge in [0.15, 0.2) is 16.7 Å². The number of halogens is 5. The Morgan fingerprint density at radius 2 is 1.79 bits per heavy atom. The van der Waals surface area contributed by atoms with E-state index in [0.29, 0.717) is 43.9 Å². The first-order chi connectivity index (χ1) is 15.8. The minimum Gasteiger partial charge on any atom is -0.316 e.